The molecule has 3 aliphatic rings. The molecule has 252 valence electrons. The number of para-hydroxylation sites is 1. The zero-order valence-corrected chi connectivity index (χ0v) is 28.8. The van der Waals surface area contributed by atoms with E-state index in [4.69, 9.17) is 4.84 Å². The Hall–Kier alpha value is -4.45. The fourth-order valence-electron chi connectivity index (χ4n) is 6.87. The van der Waals surface area contributed by atoms with Crippen LogP contribution >= 0.6 is 0 Å². The lowest BCUT2D eigenvalue weighted by atomic mass is 9.81. The number of rotatable bonds is 11. The number of quaternary nitrogens is 1. The first-order chi connectivity index (χ1) is 22.6. The summed E-state index contributed by atoms with van der Waals surface area (Å²) in [6, 6.07) is 13.5. The summed E-state index contributed by atoms with van der Waals surface area (Å²) in [4.78, 5) is 42.9. The second-order valence-electron chi connectivity index (χ2n) is 13.3. The Labute approximate surface area is 282 Å². The lowest BCUT2D eigenvalue weighted by Gasteiger charge is -2.21. The van der Waals surface area contributed by atoms with E-state index in [1.807, 2.05) is 61.7 Å². The normalized spacial score (nSPS) is 21.0. The quantitative estimate of drug-likeness (QED) is 0.124. The van der Waals surface area contributed by atoms with Crippen LogP contribution in [0.3, 0.4) is 0 Å². The largest absolute Gasteiger partial charge is 0.748 e. The van der Waals surface area contributed by atoms with Crippen LogP contribution < -0.4 is 4.90 Å². The first-order valence-corrected chi connectivity index (χ1v) is 17.7. The maximum atomic E-state index is 12.8. The van der Waals surface area contributed by atoms with E-state index in [0.717, 1.165) is 17.0 Å². The monoisotopic (exact) mass is 672 g/mol. The molecule has 3 heterocycles. The van der Waals surface area contributed by atoms with Crippen LogP contribution in [-0.2, 0) is 35.4 Å². The number of benzene rings is 2. The van der Waals surface area contributed by atoms with Gasteiger partial charge in [-0.1, -0.05) is 48.6 Å². The molecule has 0 spiro atoms. The number of allylic oxidation sites excluding steroid dienone is 8. The van der Waals surface area contributed by atoms with Gasteiger partial charge in [0.05, 0.1) is 33.1 Å². The van der Waals surface area contributed by atoms with Crippen molar-refractivity contribution in [3.63, 3.8) is 0 Å². The van der Waals surface area contributed by atoms with E-state index in [2.05, 4.69) is 50.5 Å². The van der Waals surface area contributed by atoms with Crippen LogP contribution in [0, 0.1) is 0 Å². The Bertz CT molecular complexity index is 1900. The number of hydrogen-bond donors (Lipinski definition) is 1. The molecule has 0 bridgehead atoms. The lowest BCUT2D eigenvalue weighted by Crippen LogP contribution is -3.04. The predicted molar refractivity (Wildman–Crippen MR) is 181 cm³/mol. The van der Waals surface area contributed by atoms with Crippen LogP contribution in [0.2, 0.25) is 0 Å². The van der Waals surface area contributed by atoms with Gasteiger partial charge in [-0.3, -0.25) is 14.5 Å². The molecule has 1 saturated heterocycles. The van der Waals surface area contributed by atoms with Crippen LogP contribution in [0.15, 0.2) is 90.7 Å². The molecule has 2 aromatic rings. The number of amides is 2. The van der Waals surface area contributed by atoms with Crippen molar-refractivity contribution < 1.29 is 41.7 Å². The fourth-order valence-corrected chi connectivity index (χ4v) is 7.42. The van der Waals surface area contributed by atoms with Crippen LogP contribution in [0.5, 0.6) is 0 Å². The van der Waals surface area contributed by atoms with Crippen molar-refractivity contribution >= 4 is 45.0 Å². The van der Waals surface area contributed by atoms with Gasteiger partial charge in [0.25, 0.3) is 11.8 Å². The fraction of sp³-hybridized carbons (Fsp3) is 0.351. The maximum Gasteiger partial charge on any atom is 0.363 e. The number of nitrogens with one attached hydrogen (secondary N) is 1. The van der Waals surface area contributed by atoms with Gasteiger partial charge in [0, 0.05) is 41.9 Å². The molecule has 1 N–H and O–H groups in total. The van der Waals surface area contributed by atoms with E-state index in [1.165, 1.54) is 21.8 Å². The smallest absolute Gasteiger partial charge is 0.363 e. The molecule has 0 aromatic heterocycles. The summed E-state index contributed by atoms with van der Waals surface area (Å²) in [6.07, 6.45) is 15.0. The van der Waals surface area contributed by atoms with Gasteiger partial charge in [-0.25, -0.2) is 13.2 Å². The van der Waals surface area contributed by atoms with Crippen molar-refractivity contribution in [3.05, 3.63) is 107 Å². The summed E-state index contributed by atoms with van der Waals surface area (Å²) in [6.45, 7) is 9.22. The Morgan fingerprint density at radius 1 is 0.938 bits per heavy atom. The van der Waals surface area contributed by atoms with Crippen molar-refractivity contribution in [3.8, 4) is 0 Å². The van der Waals surface area contributed by atoms with Crippen molar-refractivity contribution in [1.82, 2.24) is 5.06 Å². The Balaban J connectivity index is 1.26. The van der Waals surface area contributed by atoms with E-state index in [9.17, 15) is 27.4 Å². The van der Waals surface area contributed by atoms with E-state index >= 15 is 0 Å². The molecule has 2 amide bonds. The number of carbonyl (C=O) groups is 3. The molecule has 11 heteroatoms. The van der Waals surface area contributed by atoms with Gasteiger partial charge in [-0.15, -0.1) is 5.06 Å². The molecule has 1 fully saturated rings. The Kier molecular flexibility index (Phi) is 9.87. The zero-order valence-electron chi connectivity index (χ0n) is 28.0. The van der Waals surface area contributed by atoms with Gasteiger partial charge in [0.15, 0.2) is 5.71 Å². The van der Waals surface area contributed by atoms with Crippen LogP contribution in [-0.4, -0.2) is 65.4 Å². The number of hydroxylamine groups is 2. The molecule has 2 aromatic carbocycles. The second kappa shape index (κ2) is 13.6. The van der Waals surface area contributed by atoms with Crippen molar-refractivity contribution in [1.29, 1.82) is 0 Å². The molecule has 48 heavy (non-hydrogen) atoms. The molecule has 0 saturated carbocycles. The van der Waals surface area contributed by atoms with Gasteiger partial charge >= 0.3 is 5.97 Å². The minimum absolute atomic E-state index is 0.0374. The van der Waals surface area contributed by atoms with E-state index in [-0.39, 0.29) is 29.6 Å². The first kappa shape index (κ1) is 34.9. The third-order valence-electron chi connectivity index (χ3n) is 9.41. The van der Waals surface area contributed by atoms with Crippen LogP contribution in [0.1, 0.15) is 74.9 Å². The predicted octanol–water partition coefficient (Wildman–Crippen LogP) is 4.30. The number of nitrogens with zero attached hydrogens (tertiary/aromatic N) is 2. The number of unbranched alkanes of at least 4 members (excludes halogenated alkanes) is 1. The maximum absolute atomic E-state index is 12.8. The third-order valence-corrected chi connectivity index (χ3v) is 10.2. The van der Waals surface area contributed by atoms with Gasteiger partial charge in [-0.05, 0) is 64.8 Å². The highest BCUT2D eigenvalue weighted by molar-refractivity contribution is 7.85. The van der Waals surface area contributed by atoms with Gasteiger partial charge in [-0.2, -0.15) is 4.58 Å². The van der Waals surface area contributed by atoms with Crippen molar-refractivity contribution in [2.45, 2.75) is 64.2 Å². The minimum atomic E-state index is -4.22. The molecule has 10 nitrogen and oxygen atoms in total. The number of carbonyl (C=O) groups excluding carboxylic acids is 3. The van der Waals surface area contributed by atoms with Crippen molar-refractivity contribution in [2.75, 3.05) is 19.3 Å². The zero-order chi connectivity index (χ0) is 34.9. The minimum Gasteiger partial charge on any atom is -0.748 e. The molecule has 0 aliphatic carbocycles. The highest BCUT2D eigenvalue weighted by atomic mass is 32.2. The summed E-state index contributed by atoms with van der Waals surface area (Å²) in [5, 5.41) is 0.560. The third kappa shape index (κ3) is 7.03. The number of imide groups is 1. The highest BCUT2D eigenvalue weighted by Crippen LogP contribution is 2.40. The molecular weight excluding hydrogens is 630 g/mol. The van der Waals surface area contributed by atoms with E-state index in [1.54, 1.807) is 12.1 Å². The molecule has 1 atom stereocenters. The Morgan fingerprint density at radius 2 is 1.60 bits per heavy atom. The molecule has 5 rings (SSSR count). The SMILES string of the molecule is C[N+]1=C(C=CC=CC=CC=C2[NH+](CCCCS(=O)(=O)[O-])c3ccccc3C2(C)C)C(C)(C)c2cc(C(=O)ON3C(=O)CCC3=O)ccc21. The van der Waals surface area contributed by atoms with Gasteiger partial charge in [0.1, 0.15) is 18.4 Å². The van der Waals surface area contributed by atoms with Gasteiger partial charge < -0.3 is 9.39 Å². The van der Waals surface area contributed by atoms with E-state index < -0.39 is 33.3 Å². The molecular formula is C37H42N3O7S+. The topological polar surface area (TPSA) is 128 Å². The van der Waals surface area contributed by atoms with Crippen molar-refractivity contribution in [2.24, 2.45) is 0 Å². The second-order valence-corrected chi connectivity index (χ2v) is 14.9. The summed E-state index contributed by atoms with van der Waals surface area (Å²) < 4.78 is 35.3. The van der Waals surface area contributed by atoms with Gasteiger partial charge in [0.2, 0.25) is 5.69 Å². The van der Waals surface area contributed by atoms with Crippen LogP contribution in [0.25, 0.3) is 0 Å². The highest BCUT2D eigenvalue weighted by Gasteiger charge is 2.45. The lowest BCUT2D eigenvalue weighted by molar-refractivity contribution is -0.789. The molecule has 1 unspecified atom stereocenters. The number of fused-ring (bicyclic) bond motifs is 2. The summed E-state index contributed by atoms with van der Waals surface area (Å²) in [5.41, 5.74) is 6.10. The Morgan fingerprint density at radius 3 is 2.31 bits per heavy atom. The average Bonchev–Trinajstić information content (AvgIpc) is 3.53. The standard InChI is InChI=1S/C37H41N3O7S/c1-36(2)27-15-11-12-16-30(27)39(23-13-14-24-48(44,45)46)32(36)18-10-8-6-7-9-17-31-37(3,4)28-25-26(19-20-29(28)38(31)5)35(43)47-40-33(41)21-22-34(40)42/h6-12,15-20,25H,13-14,21-24H2,1-5H3/p+1. The number of hydrogen-bond acceptors (Lipinski definition) is 7. The van der Waals surface area contributed by atoms with Crippen LogP contribution in [0.4, 0.5) is 11.4 Å². The molecule has 0 radical (unpaired) electrons. The van der Waals surface area contributed by atoms with E-state index in [0.29, 0.717) is 24.4 Å². The average molecular weight is 673 g/mol. The summed E-state index contributed by atoms with van der Waals surface area (Å²) in [5.74, 6) is -2.13. The first-order valence-electron chi connectivity index (χ1n) is 16.1. The summed E-state index contributed by atoms with van der Waals surface area (Å²) in [7, 11) is -2.25. The summed E-state index contributed by atoms with van der Waals surface area (Å²) >= 11 is 0. The molecule has 3 aliphatic heterocycles.